The highest BCUT2D eigenvalue weighted by atomic mass is 32.2. The molecule has 0 aliphatic carbocycles. The van der Waals surface area contributed by atoms with Crippen molar-refractivity contribution < 1.29 is 0 Å². The van der Waals surface area contributed by atoms with Crippen LogP contribution >= 0.6 is 24.0 Å². The van der Waals surface area contributed by atoms with Crippen molar-refractivity contribution in [3.05, 3.63) is 35.9 Å². The van der Waals surface area contributed by atoms with Crippen LogP contribution in [0.4, 0.5) is 0 Å². The highest BCUT2D eigenvalue weighted by Gasteiger charge is 2.23. The summed E-state index contributed by atoms with van der Waals surface area (Å²) in [7, 11) is 1.97. The Bertz CT molecular complexity index is 340. The summed E-state index contributed by atoms with van der Waals surface area (Å²) in [5.41, 5.74) is 4.72. The minimum absolute atomic E-state index is 0.433. The van der Waals surface area contributed by atoms with E-state index in [0.29, 0.717) is 5.37 Å². The Morgan fingerprint density at radius 3 is 2.73 bits per heavy atom. The quantitative estimate of drug-likeness (QED) is 0.813. The molecule has 1 aromatic rings. The van der Waals surface area contributed by atoms with Crippen LogP contribution in [0.3, 0.4) is 0 Å². The highest BCUT2D eigenvalue weighted by molar-refractivity contribution is 8.23. The first kappa shape index (κ1) is 10.9. The van der Waals surface area contributed by atoms with Crippen molar-refractivity contribution in [2.45, 2.75) is 18.2 Å². The van der Waals surface area contributed by atoms with Gasteiger partial charge in [0.25, 0.3) is 0 Å². The van der Waals surface area contributed by atoms with Crippen molar-refractivity contribution in [1.29, 1.82) is 0 Å². The number of aryl methyl sites for hydroxylation is 1. The van der Waals surface area contributed by atoms with Gasteiger partial charge in [0.1, 0.15) is 0 Å². The molecular weight excluding hydrogens is 224 g/mol. The van der Waals surface area contributed by atoms with Crippen molar-refractivity contribution in [2.24, 2.45) is 0 Å². The average molecular weight is 238 g/mol. The zero-order chi connectivity index (χ0) is 10.7. The summed E-state index contributed by atoms with van der Waals surface area (Å²) in [6.45, 7) is 0. The van der Waals surface area contributed by atoms with Gasteiger partial charge in [-0.2, -0.15) is 0 Å². The molecule has 1 heterocycles. The van der Waals surface area contributed by atoms with Gasteiger partial charge in [-0.05, 0) is 18.4 Å². The Labute approximate surface area is 100 Å². The van der Waals surface area contributed by atoms with Gasteiger partial charge in [-0.3, -0.25) is 5.01 Å². The molecule has 0 radical (unpaired) electrons. The Kier molecular flexibility index (Phi) is 3.61. The van der Waals surface area contributed by atoms with E-state index in [9.17, 15) is 0 Å². The maximum absolute atomic E-state index is 5.18. The minimum atomic E-state index is 0.433. The molecule has 0 amide bonds. The Morgan fingerprint density at radius 2 is 2.13 bits per heavy atom. The monoisotopic (exact) mass is 238 g/mol. The molecule has 1 aliphatic rings. The third-order valence-electron chi connectivity index (χ3n) is 2.39. The van der Waals surface area contributed by atoms with Crippen LogP contribution in [0.5, 0.6) is 0 Å². The molecule has 1 aromatic carbocycles. The van der Waals surface area contributed by atoms with Gasteiger partial charge in [-0.1, -0.05) is 54.3 Å². The maximum atomic E-state index is 5.18. The van der Waals surface area contributed by atoms with Crippen molar-refractivity contribution in [2.75, 3.05) is 7.05 Å². The minimum Gasteiger partial charge on any atom is -0.295 e. The van der Waals surface area contributed by atoms with E-state index < -0.39 is 0 Å². The summed E-state index contributed by atoms with van der Waals surface area (Å²) < 4.78 is 0.938. The molecule has 0 spiro atoms. The highest BCUT2D eigenvalue weighted by Crippen LogP contribution is 2.23. The number of rotatable bonds is 3. The zero-order valence-electron chi connectivity index (χ0n) is 8.64. The van der Waals surface area contributed by atoms with E-state index >= 15 is 0 Å². The number of hydrazine groups is 1. The van der Waals surface area contributed by atoms with Gasteiger partial charge in [-0.15, -0.1) is 0 Å². The van der Waals surface area contributed by atoms with Crippen LogP contribution < -0.4 is 5.43 Å². The first-order valence-electron chi connectivity index (χ1n) is 5.00. The lowest BCUT2D eigenvalue weighted by molar-refractivity contribution is 0.371. The second-order valence-corrected chi connectivity index (χ2v) is 5.42. The molecular formula is C11H14N2S2. The molecule has 0 saturated carbocycles. The van der Waals surface area contributed by atoms with Crippen molar-refractivity contribution in [3.8, 4) is 0 Å². The topological polar surface area (TPSA) is 15.3 Å². The van der Waals surface area contributed by atoms with Gasteiger partial charge in [0.15, 0.2) is 4.32 Å². The summed E-state index contributed by atoms with van der Waals surface area (Å²) in [4.78, 5) is 0. The molecule has 4 heteroatoms. The number of nitrogens with zero attached hydrogens (tertiary/aromatic N) is 1. The van der Waals surface area contributed by atoms with E-state index in [1.165, 1.54) is 5.56 Å². The van der Waals surface area contributed by atoms with Crippen LogP contribution in [-0.4, -0.2) is 21.8 Å². The number of benzene rings is 1. The first-order chi connectivity index (χ1) is 7.25. The predicted molar refractivity (Wildman–Crippen MR) is 69.6 cm³/mol. The molecule has 1 atom stereocenters. The maximum Gasteiger partial charge on any atom is 0.151 e. The van der Waals surface area contributed by atoms with Crippen molar-refractivity contribution in [3.63, 3.8) is 0 Å². The summed E-state index contributed by atoms with van der Waals surface area (Å²) >= 11 is 6.92. The Balaban J connectivity index is 1.82. The summed E-state index contributed by atoms with van der Waals surface area (Å²) in [5.74, 6) is 0. The van der Waals surface area contributed by atoms with Gasteiger partial charge in [0.05, 0.1) is 5.37 Å². The van der Waals surface area contributed by atoms with Crippen molar-refractivity contribution >= 4 is 28.3 Å². The van der Waals surface area contributed by atoms with E-state index in [1.54, 1.807) is 11.8 Å². The normalized spacial score (nSPS) is 21.0. The molecule has 1 unspecified atom stereocenters. The van der Waals surface area contributed by atoms with Gasteiger partial charge in [0.2, 0.25) is 0 Å². The lowest BCUT2D eigenvalue weighted by Gasteiger charge is -2.11. The van der Waals surface area contributed by atoms with E-state index in [0.717, 1.165) is 17.2 Å². The molecule has 2 rings (SSSR count). The fourth-order valence-corrected chi connectivity index (χ4v) is 2.86. The molecule has 1 saturated heterocycles. The third kappa shape index (κ3) is 2.93. The molecule has 1 aliphatic heterocycles. The molecule has 1 N–H and O–H groups in total. The van der Waals surface area contributed by atoms with Gasteiger partial charge < -0.3 is 0 Å². The molecule has 2 nitrogen and oxygen atoms in total. The number of thiocarbonyl (C=S) groups is 1. The smallest absolute Gasteiger partial charge is 0.151 e. The van der Waals surface area contributed by atoms with Gasteiger partial charge >= 0.3 is 0 Å². The molecule has 15 heavy (non-hydrogen) atoms. The van der Waals surface area contributed by atoms with Crippen LogP contribution in [0.15, 0.2) is 30.3 Å². The molecule has 80 valence electrons. The lowest BCUT2D eigenvalue weighted by Crippen LogP contribution is -2.33. The SMILES string of the molecule is CN1NC(CCc2ccccc2)SC1=S. The standard InChI is InChI=1S/C11H14N2S2/c1-13-11(14)15-10(12-13)8-7-9-5-3-2-4-6-9/h2-6,10,12H,7-8H2,1H3. The number of hydrogen-bond acceptors (Lipinski definition) is 3. The van der Waals surface area contributed by atoms with Crippen LogP contribution in [0.1, 0.15) is 12.0 Å². The average Bonchev–Trinajstić information content (AvgIpc) is 2.57. The first-order valence-corrected chi connectivity index (χ1v) is 6.29. The summed E-state index contributed by atoms with van der Waals surface area (Å²) in [6, 6.07) is 10.6. The van der Waals surface area contributed by atoms with Crippen molar-refractivity contribution in [1.82, 2.24) is 10.4 Å². The molecule has 0 bridgehead atoms. The van der Waals surface area contributed by atoms with Crippen LogP contribution in [0, 0.1) is 0 Å². The van der Waals surface area contributed by atoms with E-state index in [2.05, 4.69) is 35.8 Å². The molecule has 0 aromatic heterocycles. The second kappa shape index (κ2) is 4.96. The Morgan fingerprint density at radius 1 is 1.40 bits per heavy atom. The zero-order valence-corrected chi connectivity index (χ0v) is 10.3. The van der Waals surface area contributed by atoms with E-state index in [4.69, 9.17) is 12.2 Å². The van der Waals surface area contributed by atoms with E-state index in [-0.39, 0.29) is 0 Å². The largest absolute Gasteiger partial charge is 0.295 e. The Hall–Kier alpha value is -0.580. The number of hydrogen-bond donors (Lipinski definition) is 1. The van der Waals surface area contributed by atoms with Gasteiger partial charge in [0, 0.05) is 7.05 Å². The third-order valence-corrected chi connectivity index (χ3v) is 4.06. The predicted octanol–water partition coefficient (Wildman–Crippen LogP) is 2.41. The summed E-state index contributed by atoms with van der Waals surface area (Å²) in [6.07, 6.45) is 2.21. The summed E-state index contributed by atoms with van der Waals surface area (Å²) in [5, 5.41) is 2.36. The van der Waals surface area contributed by atoms with Gasteiger partial charge in [-0.25, -0.2) is 5.43 Å². The number of nitrogens with one attached hydrogen (secondary N) is 1. The second-order valence-electron chi connectivity index (χ2n) is 3.58. The van der Waals surface area contributed by atoms with E-state index in [1.807, 2.05) is 12.1 Å². The molecule has 1 fully saturated rings. The van der Waals surface area contributed by atoms with Crippen LogP contribution in [-0.2, 0) is 6.42 Å². The fourth-order valence-electron chi connectivity index (χ4n) is 1.56. The lowest BCUT2D eigenvalue weighted by atomic mass is 10.1. The number of thioether (sulfide) groups is 1. The fraction of sp³-hybridized carbons (Fsp3) is 0.364. The van der Waals surface area contributed by atoms with Crippen LogP contribution in [0.2, 0.25) is 0 Å². The van der Waals surface area contributed by atoms with Crippen LogP contribution in [0.25, 0.3) is 0 Å².